The van der Waals surface area contributed by atoms with E-state index in [2.05, 4.69) is 20.9 Å². The summed E-state index contributed by atoms with van der Waals surface area (Å²) in [6.07, 6.45) is 1.71. The van der Waals surface area contributed by atoms with Crippen molar-refractivity contribution in [2.24, 2.45) is 0 Å². The van der Waals surface area contributed by atoms with Crippen molar-refractivity contribution in [2.75, 3.05) is 0 Å². The summed E-state index contributed by atoms with van der Waals surface area (Å²) >= 11 is 8.84. The molecule has 0 bridgehead atoms. The first kappa shape index (κ1) is 9.55. The predicted molar refractivity (Wildman–Crippen MR) is 55.7 cm³/mol. The summed E-state index contributed by atoms with van der Waals surface area (Å²) in [5.74, 6) is 0.628. The zero-order chi connectivity index (χ0) is 9.97. The molecular weight excluding hydrogens is 269 g/mol. The van der Waals surface area contributed by atoms with E-state index in [0.717, 1.165) is 0 Å². The van der Waals surface area contributed by atoms with Crippen LogP contribution in [0.4, 0.5) is 0 Å². The van der Waals surface area contributed by atoms with Crippen molar-refractivity contribution in [2.45, 2.75) is 0 Å². The second-order valence-electron chi connectivity index (χ2n) is 2.49. The summed E-state index contributed by atoms with van der Waals surface area (Å²) in [4.78, 5) is 3.86. The van der Waals surface area contributed by atoms with Crippen molar-refractivity contribution in [1.82, 2.24) is 4.98 Å². The van der Waals surface area contributed by atoms with Gasteiger partial charge < -0.3 is 9.15 Å². The van der Waals surface area contributed by atoms with Gasteiger partial charge in [0, 0.05) is 5.02 Å². The predicted octanol–water partition coefficient (Wildman–Crippen LogP) is 3.88. The number of rotatable bonds is 2. The highest BCUT2D eigenvalue weighted by atomic mass is 79.9. The van der Waals surface area contributed by atoms with Crippen LogP contribution in [0.1, 0.15) is 0 Å². The molecule has 0 spiro atoms. The Morgan fingerprint density at radius 1 is 1.29 bits per heavy atom. The standard InChI is InChI=1S/C9H5BrClNO2/c10-8-5-12-9(14-8)13-7-3-1-6(11)2-4-7/h1-5H. The lowest BCUT2D eigenvalue weighted by Gasteiger charge is -1.99. The zero-order valence-electron chi connectivity index (χ0n) is 6.91. The SMILES string of the molecule is Clc1ccc(Oc2ncc(Br)o2)cc1. The smallest absolute Gasteiger partial charge is 0.400 e. The van der Waals surface area contributed by atoms with Crippen molar-refractivity contribution in [3.8, 4) is 11.8 Å². The second kappa shape index (κ2) is 4.02. The highest BCUT2D eigenvalue weighted by Crippen LogP contribution is 2.24. The van der Waals surface area contributed by atoms with Crippen molar-refractivity contribution in [3.05, 3.63) is 40.2 Å². The topological polar surface area (TPSA) is 35.3 Å². The number of ether oxygens (including phenoxy) is 1. The normalized spacial score (nSPS) is 10.1. The molecule has 0 N–H and O–H groups in total. The van der Waals surface area contributed by atoms with Crippen LogP contribution >= 0.6 is 27.5 Å². The molecule has 5 heteroatoms. The largest absolute Gasteiger partial charge is 0.411 e. The average Bonchev–Trinajstić information content (AvgIpc) is 2.56. The minimum atomic E-state index is 0.194. The summed E-state index contributed by atoms with van der Waals surface area (Å²) in [6.45, 7) is 0. The molecule has 0 unspecified atom stereocenters. The Labute approximate surface area is 93.8 Å². The Balaban J connectivity index is 2.15. The fourth-order valence-electron chi connectivity index (χ4n) is 0.890. The van der Waals surface area contributed by atoms with E-state index < -0.39 is 0 Å². The average molecular weight is 275 g/mol. The van der Waals surface area contributed by atoms with Gasteiger partial charge in [0.15, 0.2) is 4.67 Å². The molecule has 14 heavy (non-hydrogen) atoms. The van der Waals surface area contributed by atoms with E-state index in [4.69, 9.17) is 20.8 Å². The molecule has 2 rings (SSSR count). The lowest BCUT2D eigenvalue weighted by molar-refractivity contribution is 0.323. The number of halogens is 2. The number of hydrogen-bond acceptors (Lipinski definition) is 3. The molecule has 72 valence electrons. The first-order chi connectivity index (χ1) is 6.74. The van der Waals surface area contributed by atoms with Crippen LogP contribution in [-0.2, 0) is 0 Å². The fourth-order valence-corrected chi connectivity index (χ4v) is 1.26. The number of aromatic nitrogens is 1. The van der Waals surface area contributed by atoms with E-state index in [9.17, 15) is 0 Å². The third-order valence-corrected chi connectivity index (χ3v) is 2.09. The van der Waals surface area contributed by atoms with Gasteiger partial charge in [-0.05, 0) is 40.2 Å². The quantitative estimate of drug-likeness (QED) is 0.833. The zero-order valence-corrected chi connectivity index (χ0v) is 9.25. The van der Waals surface area contributed by atoms with E-state index >= 15 is 0 Å². The van der Waals surface area contributed by atoms with E-state index in [1.165, 1.54) is 6.20 Å². The van der Waals surface area contributed by atoms with Crippen LogP contribution < -0.4 is 4.74 Å². The van der Waals surface area contributed by atoms with Gasteiger partial charge in [-0.1, -0.05) is 11.6 Å². The van der Waals surface area contributed by atoms with Crippen molar-refractivity contribution in [3.63, 3.8) is 0 Å². The van der Waals surface area contributed by atoms with Crippen molar-refractivity contribution in [1.29, 1.82) is 0 Å². The van der Waals surface area contributed by atoms with Crippen LogP contribution in [0.2, 0.25) is 5.02 Å². The van der Waals surface area contributed by atoms with Crippen LogP contribution in [-0.4, -0.2) is 4.98 Å². The molecule has 0 aliphatic carbocycles. The molecule has 2 aromatic rings. The molecule has 0 aliphatic rings. The second-order valence-corrected chi connectivity index (χ2v) is 3.70. The molecule has 0 saturated heterocycles. The van der Waals surface area contributed by atoms with E-state index in [1.807, 2.05) is 0 Å². The summed E-state index contributed by atoms with van der Waals surface area (Å²) in [7, 11) is 0. The van der Waals surface area contributed by atoms with Gasteiger partial charge in [-0.25, -0.2) is 0 Å². The summed E-state index contributed by atoms with van der Waals surface area (Å²) in [5.41, 5.74) is 0. The van der Waals surface area contributed by atoms with Crippen LogP contribution in [0.5, 0.6) is 11.8 Å². The highest BCUT2D eigenvalue weighted by Gasteiger charge is 2.03. The van der Waals surface area contributed by atoms with Gasteiger partial charge in [-0.3, -0.25) is 0 Å². The first-order valence-corrected chi connectivity index (χ1v) is 4.96. The highest BCUT2D eigenvalue weighted by molar-refractivity contribution is 9.10. The van der Waals surface area contributed by atoms with Crippen molar-refractivity contribution < 1.29 is 9.15 Å². The minimum absolute atomic E-state index is 0.194. The molecule has 0 amide bonds. The molecule has 0 saturated carbocycles. The van der Waals surface area contributed by atoms with E-state index in [1.54, 1.807) is 24.3 Å². The Morgan fingerprint density at radius 3 is 2.57 bits per heavy atom. The first-order valence-electron chi connectivity index (χ1n) is 3.79. The number of benzene rings is 1. The molecule has 0 fully saturated rings. The maximum Gasteiger partial charge on any atom is 0.400 e. The van der Waals surface area contributed by atoms with Crippen LogP contribution in [0.25, 0.3) is 0 Å². The maximum atomic E-state index is 5.72. The van der Waals surface area contributed by atoms with Crippen LogP contribution in [0, 0.1) is 0 Å². The van der Waals surface area contributed by atoms with Gasteiger partial charge in [-0.2, -0.15) is 4.98 Å². The molecule has 1 aromatic heterocycles. The summed E-state index contributed by atoms with van der Waals surface area (Å²) < 4.78 is 10.9. The van der Waals surface area contributed by atoms with Gasteiger partial charge >= 0.3 is 6.08 Å². The van der Waals surface area contributed by atoms with Crippen LogP contribution in [0.15, 0.2) is 39.5 Å². The fraction of sp³-hybridized carbons (Fsp3) is 0. The summed E-state index contributed by atoms with van der Waals surface area (Å²) in [6, 6.07) is 6.94. The number of hydrogen-bond donors (Lipinski definition) is 0. The Hall–Kier alpha value is -1.00. The third kappa shape index (κ3) is 2.27. The molecule has 1 aromatic carbocycles. The summed E-state index contributed by atoms with van der Waals surface area (Å²) in [5, 5.41) is 0.658. The Morgan fingerprint density at radius 2 is 2.00 bits per heavy atom. The molecule has 3 nitrogen and oxygen atoms in total. The van der Waals surface area contributed by atoms with Gasteiger partial charge in [0.1, 0.15) is 5.75 Å². The molecule has 1 heterocycles. The third-order valence-electron chi connectivity index (χ3n) is 1.48. The maximum absolute atomic E-state index is 5.72. The van der Waals surface area contributed by atoms with Gasteiger partial charge in [0.25, 0.3) is 0 Å². The lowest BCUT2D eigenvalue weighted by atomic mass is 10.3. The van der Waals surface area contributed by atoms with Crippen LogP contribution in [0.3, 0.4) is 0 Å². The monoisotopic (exact) mass is 273 g/mol. The Bertz CT molecular complexity index is 427. The molecule has 0 radical (unpaired) electrons. The molecule has 0 atom stereocenters. The molecule has 0 aliphatic heterocycles. The lowest BCUT2D eigenvalue weighted by Crippen LogP contribution is -1.82. The van der Waals surface area contributed by atoms with E-state index in [-0.39, 0.29) is 6.08 Å². The van der Waals surface area contributed by atoms with Crippen molar-refractivity contribution >= 4 is 27.5 Å². The number of oxazole rings is 1. The number of nitrogens with zero attached hydrogens (tertiary/aromatic N) is 1. The Kier molecular flexibility index (Phi) is 2.74. The van der Waals surface area contributed by atoms with E-state index in [0.29, 0.717) is 15.4 Å². The van der Waals surface area contributed by atoms with Gasteiger partial charge in [0.2, 0.25) is 0 Å². The molecular formula is C9H5BrClNO2. The van der Waals surface area contributed by atoms with Gasteiger partial charge in [0.05, 0.1) is 6.20 Å². The minimum Gasteiger partial charge on any atom is -0.411 e. The van der Waals surface area contributed by atoms with Gasteiger partial charge in [-0.15, -0.1) is 0 Å².